The van der Waals surface area contributed by atoms with Crippen LogP contribution < -0.4 is 0 Å². The van der Waals surface area contributed by atoms with Gasteiger partial charge in [-0.1, -0.05) is 42.5 Å². The summed E-state index contributed by atoms with van der Waals surface area (Å²) in [5.74, 6) is -1.13. The molecule has 2 aromatic rings. The second-order valence-corrected chi connectivity index (χ2v) is 4.98. The van der Waals surface area contributed by atoms with Crippen molar-refractivity contribution in [3.05, 3.63) is 65.5 Å². The van der Waals surface area contributed by atoms with Gasteiger partial charge in [-0.15, -0.1) is 5.10 Å². The molecular weight excluding hydrogens is 282 g/mol. The van der Waals surface area contributed by atoms with Gasteiger partial charge in [0, 0.05) is 13.5 Å². The zero-order valence-electron chi connectivity index (χ0n) is 12.0. The number of aromatic nitrogens is 3. The summed E-state index contributed by atoms with van der Waals surface area (Å²) in [6.07, 6.45) is 6.25. The zero-order valence-corrected chi connectivity index (χ0v) is 12.0. The standard InChI is InChI=1S/C16H15N3O3/c1-22-16(14-13(15(20)21)17-19-18-14)9-7-12(8-10-16)11-5-3-2-4-6-11/h2-9H,10H2,1H3,(H,20,21)(H,17,18,19). The van der Waals surface area contributed by atoms with Gasteiger partial charge in [-0.3, -0.25) is 0 Å². The first kappa shape index (κ1) is 14.2. The molecule has 1 heterocycles. The van der Waals surface area contributed by atoms with Gasteiger partial charge >= 0.3 is 5.97 Å². The van der Waals surface area contributed by atoms with Gasteiger partial charge in [0.05, 0.1) is 0 Å². The van der Waals surface area contributed by atoms with Crippen molar-refractivity contribution in [2.24, 2.45) is 0 Å². The van der Waals surface area contributed by atoms with Crippen LogP contribution in [0.15, 0.2) is 48.6 Å². The average Bonchev–Trinajstić information content (AvgIpc) is 3.06. The largest absolute Gasteiger partial charge is 0.476 e. The van der Waals surface area contributed by atoms with Crippen molar-refractivity contribution < 1.29 is 14.6 Å². The van der Waals surface area contributed by atoms with Crippen LogP contribution in [0.1, 0.15) is 28.2 Å². The minimum atomic E-state index is -1.13. The number of hydrogen-bond acceptors (Lipinski definition) is 4. The van der Waals surface area contributed by atoms with E-state index < -0.39 is 11.6 Å². The summed E-state index contributed by atoms with van der Waals surface area (Å²) < 4.78 is 5.58. The molecule has 0 radical (unpaired) electrons. The number of carbonyl (C=O) groups is 1. The lowest BCUT2D eigenvalue weighted by Crippen LogP contribution is -2.29. The molecule has 0 fully saturated rings. The molecule has 0 saturated carbocycles. The maximum atomic E-state index is 11.3. The van der Waals surface area contributed by atoms with E-state index in [9.17, 15) is 9.90 Å². The van der Waals surface area contributed by atoms with Crippen LogP contribution in [0, 0.1) is 0 Å². The molecule has 112 valence electrons. The van der Waals surface area contributed by atoms with Crippen molar-refractivity contribution >= 4 is 11.5 Å². The Morgan fingerprint density at radius 3 is 2.68 bits per heavy atom. The Balaban J connectivity index is 1.95. The van der Waals surface area contributed by atoms with Gasteiger partial charge in [-0.2, -0.15) is 10.3 Å². The number of aromatic amines is 1. The first-order valence-corrected chi connectivity index (χ1v) is 6.81. The fourth-order valence-electron chi connectivity index (χ4n) is 2.57. The molecule has 0 amide bonds. The van der Waals surface area contributed by atoms with Crippen LogP contribution in [0.4, 0.5) is 0 Å². The molecule has 0 saturated heterocycles. The molecule has 2 N–H and O–H groups in total. The van der Waals surface area contributed by atoms with Crippen LogP contribution in [0.5, 0.6) is 0 Å². The Bertz CT molecular complexity index is 749. The first-order valence-electron chi connectivity index (χ1n) is 6.81. The van der Waals surface area contributed by atoms with E-state index >= 15 is 0 Å². The molecule has 6 nitrogen and oxygen atoms in total. The monoisotopic (exact) mass is 297 g/mol. The third-order valence-electron chi connectivity index (χ3n) is 3.78. The average molecular weight is 297 g/mol. The predicted octanol–water partition coefficient (Wildman–Crippen LogP) is 2.39. The number of hydrogen-bond donors (Lipinski definition) is 2. The number of nitrogens with one attached hydrogen (secondary N) is 1. The summed E-state index contributed by atoms with van der Waals surface area (Å²) in [5, 5.41) is 19.2. The van der Waals surface area contributed by atoms with Gasteiger partial charge in [-0.05, 0) is 17.2 Å². The predicted molar refractivity (Wildman–Crippen MR) is 80.2 cm³/mol. The maximum absolute atomic E-state index is 11.3. The SMILES string of the molecule is COC1(c2n[nH]nc2C(=O)O)C=CC(c2ccccc2)=CC1. The van der Waals surface area contributed by atoms with Crippen molar-refractivity contribution in [1.82, 2.24) is 15.4 Å². The molecule has 1 unspecified atom stereocenters. The molecule has 0 spiro atoms. The number of methoxy groups -OCH3 is 1. The van der Waals surface area contributed by atoms with E-state index in [-0.39, 0.29) is 11.4 Å². The molecule has 6 heteroatoms. The number of carboxylic acid groups (broad SMARTS) is 1. The highest BCUT2D eigenvalue weighted by atomic mass is 16.5. The van der Waals surface area contributed by atoms with Gasteiger partial charge in [-0.25, -0.2) is 4.79 Å². The molecular formula is C16H15N3O3. The van der Waals surface area contributed by atoms with Crippen molar-refractivity contribution in [2.75, 3.05) is 7.11 Å². The molecule has 1 aromatic carbocycles. The normalized spacial score (nSPS) is 20.7. The number of ether oxygens (including phenoxy) is 1. The van der Waals surface area contributed by atoms with Crippen molar-refractivity contribution in [1.29, 1.82) is 0 Å². The Labute approximate surface area is 127 Å². The number of H-pyrrole nitrogens is 1. The molecule has 0 bridgehead atoms. The van der Waals surface area contributed by atoms with E-state index in [0.717, 1.165) is 11.1 Å². The smallest absolute Gasteiger partial charge is 0.358 e. The Kier molecular flexibility index (Phi) is 3.60. The first-order chi connectivity index (χ1) is 10.7. The van der Waals surface area contributed by atoms with Crippen LogP contribution in [0.3, 0.4) is 0 Å². The van der Waals surface area contributed by atoms with Crippen molar-refractivity contribution in [3.8, 4) is 0 Å². The van der Waals surface area contributed by atoms with Gasteiger partial charge in [0.1, 0.15) is 11.3 Å². The van der Waals surface area contributed by atoms with Crippen LogP contribution >= 0.6 is 0 Å². The van der Waals surface area contributed by atoms with Crippen LogP contribution in [0.25, 0.3) is 5.57 Å². The van der Waals surface area contributed by atoms with Gasteiger partial charge < -0.3 is 9.84 Å². The highest BCUT2D eigenvalue weighted by molar-refractivity contribution is 5.87. The molecule has 1 aromatic heterocycles. The van der Waals surface area contributed by atoms with E-state index in [4.69, 9.17) is 4.74 Å². The lowest BCUT2D eigenvalue weighted by atomic mass is 9.86. The number of aromatic carboxylic acids is 1. The van der Waals surface area contributed by atoms with Crippen LogP contribution in [0.2, 0.25) is 0 Å². The molecule has 1 aliphatic rings. The summed E-state index contributed by atoms with van der Waals surface area (Å²) in [5.41, 5.74) is 1.40. The van der Waals surface area contributed by atoms with E-state index in [1.807, 2.05) is 48.6 Å². The molecule has 1 atom stereocenters. The van der Waals surface area contributed by atoms with Gasteiger partial charge in [0.15, 0.2) is 5.69 Å². The van der Waals surface area contributed by atoms with E-state index in [1.165, 1.54) is 7.11 Å². The number of nitrogens with zero attached hydrogens (tertiary/aromatic N) is 2. The second-order valence-electron chi connectivity index (χ2n) is 4.98. The molecule has 22 heavy (non-hydrogen) atoms. The summed E-state index contributed by atoms with van der Waals surface area (Å²) >= 11 is 0. The van der Waals surface area contributed by atoms with E-state index in [0.29, 0.717) is 6.42 Å². The molecule has 0 aliphatic heterocycles. The van der Waals surface area contributed by atoms with Crippen LogP contribution in [-0.4, -0.2) is 33.6 Å². The Morgan fingerprint density at radius 1 is 1.32 bits per heavy atom. The fourth-order valence-corrected chi connectivity index (χ4v) is 2.57. The Morgan fingerprint density at radius 2 is 2.09 bits per heavy atom. The third kappa shape index (κ3) is 2.33. The lowest BCUT2D eigenvalue weighted by Gasteiger charge is -2.29. The zero-order chi connectivity index (χ0) is 15.6. The van der Waals surface area contributed by atoms with Crippen LogP contribution in [-0.2, 0) is 10.3 Å². The highest BCUT2D eigenvalue weighted by Gasteiger charge is 2.37. The summed E-state index contributed by atoms with van der Waals surface area (Å²) in [4.78, 5) is 11.3. The Hall–Kier alpha value is -2.73. The number of allylic oxidation sites excluding steroid dienone is 2. The van der Waals surface area contributed by atoms with E-state index in [2.05, 4.69) is 15.4 Å². The van der Waals surface area contributed by atoms with E-state index in [1.54, 1.807) is 0 Å². The third-order valence-corrected chi connectivity index (χ3v) is 3.78. The number of benzene rings is 1. The lowest BCUT2D eigenvalue weighted by molar-refractivity contribution is 0.0253. The second kappa shape index (κ2) is 5.57. The number of carboxylic acids is 1. The minimum Gasteiger partial charge on any atom is -0.476 e. The quantitative estimate of drug-likeness (QED) is 0.904. The topological polar surface area (TPSA) is 88.1 Å². The molecule has 1 aliphatic carbocycles. The van der Waals surface area contributed by atoms with Crippen molar-refractivity contribution in [2.45, 2.75) is 12.0 Å². The van der Waals surface area contributed by atoms with Gasteiger partial charge in [0.25, 0.3) is 0 Å². The summed E-state index contributed by atoms with van der Waals surface area (Å²) in [6, 6.07) is 9.96. The summed E-state index contributed by atoms with van der Waals surface area (Å²) in [6.45, 7) is 0. The minimum absolute atomic E-state index is 0.122. The maximum Gasteiger partial charge on any atom is 0.358 e. The highest BCUT2D eigenvalue weighted by Crippen LogP contribution is 2.37. The number of rotatable bonds is 4. The van der Waals surface area contributed by atoms with Crippen molar-refractivity contribution in [3.63, 3.8) is 0 Å². The fraction of sp³-hybridized carbons (Fsp3) is 0.188. The summed E-state index contributed by atoms with van der Waals surface area (Å²) in [7, 11) is 1.53. The van der Waals surface area contributed by atoms with Gasteiger partial charge in [0.2, 0.25) is 0 Å². The molecule has 3 rings (SSSR count).